The van der Waals surface area contributed by atoms with Crippen molar-refractivity contribution in [3.05, 3.63) is 62.7 Å². The molecule has 1 saturated carbocycles. The zero-order chi connectivity index (χ0) is 18.5. The lowest BCUT2D eigenvalue weighted by Crippen LogP contribution is -2.36. The number of benzene rings is 2. The maximum Gasteiger partial charge on any atom is 0.255 e. The Morgan fingerprint density at radius 1 is 0.962 bits per heavy atom. The van der Waals surface area contributed by atoms with E-state index in [1.807, 2.05) is 25.1 Å². The predicted molar refractivity (Wildman–Crippen MR) is 113 cm³/mol. The van der Waals surface area contributed by atoms with Gasteiger partial charge in [0, 0.05) is 26.4 Å². The van der Waals surface area contributed by atoms with Crippen molar-refractivity contribution in [2.45, 2.75) is 45.1 Å². The summed E-state index contributed by atoms with van der Waals surface area (Å²) in [5.74, 6) is -0.245. The normalized spacial score (nSPS) is 14.7. The van der Waals surface area contributed by atoms with Crippen molar-refractivity contribution in [1.29, 1.82) is 0 Å². The molecule has 0 unspecified atom stereocenters. The fourth-order valence-electron chi connectivity index (χ4n) is 3.19. The molecule has 2 aromatic carbocycles. The highest BCUT2D eigenvalue weighted by molar-refractivity contribution is 14.1. The second-order valence-corrected chi connectivity index (χ2v) is 7.97. The second kappa shape index (κ2) is 8.66. The molecule has 1 aliphatic rings. The van der Waals surface area contributed by atoms with Crippen molar-refractivity contribution in [1.82, 2.24) is 5.32 Å². The van der Waals surface area contributed by atoms with Gasteiger partial charge >= 0.3 is 0 Å². The number of carbonyl (C=O) groups is 2. The molecule has 2 aromatic rings. The number of rotatable bonds is 4. The summed E-state index contributed by atoms with van der Waals surface area (Å²) in [5.41, 5.74) is 2.95. The highest BCUT2D eigenvalue weighted by Gasteiger charge is 2.17. The van der Waals surface area contributed by atoms with Gasteiger partial charge < -0.3 is 10.6 Å². The monoisotopic (exact) mass is 462 g/mol. The van der Waals surface area contributed by atoms with E-state index >= 15 is 0 Å². The van der Waals surface area contributed by atoms with E-state index in [1.165, 1.54) is 19.3 Å². The SMILES string of the molecule is Cc1ccc(C(=O)Nc2cccc(C(=O)NC3CCCCC3)c2)cc1I. The standard InChI is InChI=1S/C21H23IN2O2/c1-14-10-11-16(13-19(14)22)21(26)24-18-9-5-6-15(12-18)20(25)23-17-7-3-2-4-8-17/h5-6,9-13,17H,2-4,7-8H2,1H3,(H,23,25)(H,24,26). The molecule has 0 radical (unpaired) electrons. The predicted octanol–water partition coefficient (Wildman–Crippen LogP) is 4.91. The summed E-state index contributed by atoms with van der Waals surface area (Å²) in [6.07, 6.45) is 5.71. The molecule has 2 N–H and O–H groups in total. The number of anilines is 1. The maximum atomic E-state index is 12.5. The molecule has 3 rings (SSSR count). The van der Waals surface area contributed by atoms with Crippen LogP contribution in [0.4, 0.5) is 5.69 Å². The molecule has 26 heavy (non-hydrogen) atoms. The molecule has 0 aliphatic heterocycles. The summed E-state index contributed by atoms with van der Waals surface area (Å²) >= 11 is 2.22. The van der Waals surface area contributed by atoms with Crippen molar-refractivity contribution in [3.8, 4) is 0 Å². The van der Waals surface area contributed by atoms with Gasteiger partial charge in [-0.3, -0.25) is 9.59 Å². The Morgan fingerprint density at radius 3 is 2.42 bits per heavy atom. The maximum absolute atomic E-state index is 12.5. The molecular weight excluding hydrogens is 439 g/mol. The van der Waals surface area contributed by atoms with Gasteiger partial charge in [0.2, 0.25) is 0 Å². The van der Waals surface area contributed by atoms with E-state index in [4.69, 9.17) is 0 Å². The van der Waals surface area contributed by atoms with Crippen LogP contribution in [0.2, 0.25) is 0 Å². The van der Waals surface area contributed by atoms with Crippen LogP contribution in [0.5, 0.6) is 0 Å². The lowest BCUT2D eigenvalue weighted by atomic mass is 9.95. The molecular formula is C21H23IN2O2. The Labute approximate surface area is 167 Å². The topological polar surface area (TPSA) is 58.2 Å². The van der Waals surface area contributed by atoms with Gasteiger partial charge in [-0.2, -0.15) is 0 Å². The van der Waals surface area contributed by atoms with E-state index in [2.05, 4.69) is 33.2 Å². The number of aryl methyl sites for hydroxylation is 1. The fourth-order valence-corrected chi connectivity index (χ4v) is 3.71. The van der Waals surface area contributed by atoms with Gasteiger partial charge in [-0.15, -0.1) is 0 Å². The Bertz CT molecular complexity index is 813. The second-order valence-electron chi connectivity index (χ2n) is 6.81. The van der Waals surface area contributed by atoms with Crippen LogP contribution in [0.15, 0.2) is 42.5 Å². The van der Waals surface area contributed by atoms with Gasteiger partial charge in [-0.05, 0) is 78.3 Å². The zero-order valence-corrected chi connectivity index (χ0v) is 17.0. The molecule has 4 nitrogen and oxygen atoms in total. The first-order valence-electron chi connectivity index (χ1n) is 9.01. The van der Waals surface area contributed by atoms with Crippen LogP contribution in [0.25, 0.3) is 0 Å². The summed E-state index contributed by atoms with van der Waals surface area (Å²) < 4.78 is 1.05. The van der Waals surface area contributed by atoms with E-state index in [-0.39, 0.29) is 17.9 Å². The number of hydrogen-bond donors (Lipinski definition) is 2. The van der Waals surface area contributed by atoms with Gasteiger partial charge in [-0.25, -0.2) is 0 Å². The summed E-state index contributed by atoms with van der Waals surface area (Å²) in [5, 5.41) is 5.99. The quantitative estimate of drug-likeness (QED) is 0.635. The minimum atomic E-state index is -0.173. The van der Waals surface area contributed by atoms with E-state index in [0.717, 1.165) is 22.0 Å². The van der Waals surface area contributed by atoms with Crippen molar-refractivity contribution in [2.75, 3.05) is 5.32 Å². The van der Waals surface area contributed by atoms with Crippen molar-refractivity contribution < 1.29 is 9.59 Å². The van der Waals surface area contributed by atoms with E-state index < -0.39 is 0 Å². The van der Waals surface area contributed by atoms with Crippen LogP contribution in [0.1, 0.15) is 58.4 Å². The average Bonchev–Trinajstić information content (AvgIpc) is 2.65. The van der Waals surface area contributed by atoms with Crippen LogP contribution < -0.4 is 10.6 Å². The summed E-state index contributed by atoms with van der Waals surface area (Å²) in [4.78, 5) is 24.9. The molecule has 0 aromatic heterocycles. The molecule has 5 heteroatoms. The van der Waals surface area contributed by atoms with Gasteiger partial charge in [0.25, 0.3) is 11.8 Å². The third-order valence-electron chi connectivity index (χ3n) is 4.76. The average molecular weight is 462 g/mol. The molecule has 1 fully saturated rings. The number of nitrogens with one attached hydrogen (secondary N) is 2. The van der Waals surface area contributed by atoms with Crippen LogP contribution in [-0.4, -0.2) is 17.9 Å². The molecule has 0 spiro atoms. The minimum absolute atomic E-state index is 0.0714. The van der Waals surface area contributed by atoms with Crippen LogP contribution >= 0.6 is 22.6 Å². The first-order chi connectivity index (χ1) is 12.5. The largest absolute Gasteiger partial charge is 0.349 e. The van der Waals surface area contributed by atoms with Gasteiger partial charge in [0.15, 0.2) is 0 Å². The summed E-state index contributed by atoms with van der Waals surface area (Å²) in [6.45, 7) is 2.01. The van der Waals surface area contributed by atoms with Gasteiger partial charge in [0.05, 0.1) is 0 Å². The highest BCUT2D eigenvalue weighted by Crippen LogP contribution is 2.19. The lowest BCUT2D eigenvalue weighted by molar-refractivity contribution is 0.0926. The Hall–Kier alpha value is -1.89. The van der Waals surface area contributed by atoms with Crippen LogP contribution in [0.3, 0.4) is 0 Å². The Morgan fingerprint density at radius 2 is 1.69 bits per heavy atom. The minimum Gasteiger partial charge on any atom is -0.349 e. The molecule has 0 heterocycles. The number of carbonyl (C=O) groups excluding carboxylic acids is 2. The molecule has 136 valence electrons. The highest BCUT2D eigenvalue weighted by atomic mass is 127. The van der Waals surface area contributed by atoms with Crippen molar-refractivity contribution in [2.24, 2.45) is 0 Å². The number of hydrogen-bond acceptors (Lipinski definition) is 2. The Kier molecular flexibility index (Phi) is 6.29. The fraction of sp³-hybridized carbons (Fsp3) is 0.333. The van der Waals surface area contributed by atoms with E-state index in [0.29, 0.717) is 16.8 Å². The lowest BCUT2D eigenvalue weighted by Gasteiger charge is -2.22. The zero-order valence-electron chi connectivity index (χ0n) is 14.8. The molecule has 0 bridgehead atoms. The molecule has 0 atom stereocenters. The van der Waals surface area contributed by atoms with E-state index in [1.54, 1.807) is 24.3 Å². The molecule has 1 aliphatic carbocycles. The van der Waals surface area contributed by atoms with Crippen LogP contribution in [0, 0.1) is 10.5 Å². The number of amides is 2. The summed E-state index contributed by atoms with van der Waals surface area (Å²) in [7, 11) is 0. The van der Waals surface area contributed by atoms with Crippen LogP contribution in [-0.2, 0) is 0 Å². The molecule has 2 amide bonds. The van der Waals surface area contributed by atoms with Gasteiger partial charge in [-0.1, -0.05) is 31.4 Å². The summed E-state index contributed by atoms with van der Waals surface area (Å²) in [6, 6.07) is 13.0. The van der Waals surface area contributed by atoms with Crippen molar-refractivity contribution >= 4 is 40.1 Å². The first kappa shape index (κ1) is 18.9. The number of halogens is 1. The Balaban J connectivity index is 1.67. The smallest absolute Gasteiger partial charge is 0.255 e. The first-order valence-corrected chi connectivity index (χ1v) is 10.1. The van der Waals surface area contributed by atoms with E-state index in [9.17, 15) is 9.59 Å². The van der Waals surface area contributed by atoms with Crippen molar-refractivity contribution in [3.63, 3.8) is 0 Å². The third-order valence-corrected chi connectivity index (χ3v) is 5.92. The van der Waals surface area contributed by atoms with Gasteiger partial charge in [0.1, 0.15) is 0 Å². The third kappa shape index (κ3) is 4.84. The molecule has 0 saturated heterocycles.